The van der Waals surface area contributed by atoms with E-state index in [1.54, 1.807) is 0 Å². The molecule has 4 heteroatoms. The van der Waals surface area contributed by atoms with Gasteiger partial charge in [0.15, 0.2) is 0 Å². The van der Waals surface area contributed by atoms with E-state index in [2.05, 4.69) is 58.3 Å². The van der Waals surface area contributed by atoms with E-state index in [1.165, 1.54) is 28.8 Å². The average Bonchev–Trinajstić information content (AvgIpc) is 3.22. The molecule has 4 rings (SSSR count). The second kappa shape index (κ2) is 9.22. The van der Waals surface area contributed by atoms with Gasteiger partial charge in [-0.05, 0) is 67.5 Å². The van der Waals surface area contributed by atoms with Crippen molar-refractivity contribution in [2.45, 2.75) is 50.6 Å². The molecule has 2 aromatic carbocycles. The van der Waals surface area contributed by atoms with E-state index in [0.29, 0.717) is 18.5 Å². The summed E-state index contributed by atoms with van der Waals surface area (Å²) in [5, 5.41) is 0. The summed E-state index contributed by atoms with van der Waals surface area (Å²) in [5.74, 6) is 0.272. The summed E-state index contributed by atoms with van der Waals surface area (Å²) in [5.41, 5.74) is 5.44. The Bertz CT molecular complexity index is 836. The molecule has 0 spiro atoms. The number of fused-ring (bicyclic) bond motifs is 1. The molecule has 1 aliphatic carbocycles. The van der Waals surface area contributed by atoms with Crippen LogP contribution in [-0.4, -0.2) is 62.0 Å². The van der Waals surface area contributed by atoms with Gasteiger partial charge in [0.2, 0.25) is 5.91 Å². The van der Waals surface area contributed by atoms with Crippen LogP contribution in [0.4, 0.5) is 5.69 Å². The highest BCUT2D eigenvalue weighted by Gasteiger charge is 2.32. The Morgan fingerprint density at radius 3 is 2.30 bits per heavy atom. The number of benzene rings is 2. The molecule has 160 valence electrons. The molecule has 30 heavy (non-hydrogen) atoms. The maximum absolute atomic E-state index is 12.9. The number of likely N-dealkylation sites (N-methyl/N-ethyl adjacent to an activating group) is 1. The maximum atomic E-state index is 12.9. The summed E-state index contributed by atoms with van der Waals surface area (Å²) in [6.45, 7) is 2.17. The normalized spacial score (nSPS) is 19.5. The predicted octanol–water partition coefficient (Wildman–Crippen LogP) is 3.78. The Morgan fingerprint density at radius 2 is 1.67 bits per heavy atom. The van der Waals surface area contributed by atoms with Crippen molar-refractivity contribution in [2.24, 2.45) is 0 Å². The second-order valence-electron chi connectivity index (χ2n) is 9.19. The van der Waals surface area contributed by atoms with Gasteiger partial charge < -0.3 is 9.80 Å². The van der Waals surface area contributed by atoms with Crippen LogP contribution in [0.1, 0.15) is 36.0 Å². The molecule has 1 fully saturated rings. The van der Waals surface area contributed by atoms with Crippen molar-refractivity contribution < 1.29 is 4.79 Å². The van der Waals surface area contributed by atoms with Gasteiger partial charge in [-0.25, -0.2) is 0 Å². The average molecular weight is 406 g/mol. The van der Waals surface area contributed by atoms with Crippen LogP contribution in [-0.2, 0) is 24.1 Å². The van der Waals surface area contributed by atoms with Gasteiger partial charge in [-0.15, -0.1) is 0 Å². The Hall–Kier alpha value is -2.33. The number of rotatable bonds is 6. The first-order valence-corrected chi connectivity index (χ1v) is 11.3. The fourth-order valence-corrected chi connectivity index (χ4v) is 5.02. The summed E-state index contributed by atoms with van der Waals surface area (Å²) < 4.78 is 0. The van der Waals surface area contributed by atoms with Gasteiger partial charge in [-0.2, -0.15) is 0 Å². The third-order valence-corrected chi connectivity index (χ3v) is 7.00. The molecule has 0 N–H and O–H groups in total. The van der Waals surface area contributed by atoms with E-state index < -0.39 is 0 Å². The molecule has 1 aliphatic heterocycles. The lowest BCUT2D eigenvalue weighted by Crippen LogP contribution is -2.51. The number of carbonyl (C=O) groups is 1. The maximum Gasteiger partial charge on any atom is 0.222 e. The van der Waals surface area contributed by atoms with Gasteiger partial charge >= 0.3 is 0 Å². The smallest absolute Gasteiger partial charge is 0.222 e. The van der Waals surface area contributed by atoms with E-state index in [0.717, 1.165) is 38.8 Å². The molecule has 0 unspecified atom stereocenters. The summed E-state index contributed by atoms with van der Waals surface area (Å²) in [6.07, 6.45) is 6.01. The Morgan fingerprint density at radius 1 is 1.00 bits per heavy atom. The molecule has 2 aliphatic rings. The second-order valence-corrected chi connectivity index (χ2v) is 9.19. The number of hydrogen-bond acceptors (Lipinski definition) is 3. The van der Waals surface area contributed by atoms with E-state index >= 15 is 0 Å². The Kier molecular flexibility index (Phi) is 6.43. The largest absolute Gasteiger partial charge is 0.378 e. The van der Waals surface area contributed by atoms with Crippen LogP contribution in [0.2, 0.25) is 0 Å². The highest BCUT2D eigenvalue weighted by atomic mass is 16.2. The van der Waals surface area contributed by atoms with E-state index in [4.69, 9.17) is 0 Å². The molecular weight excluding hydrogens is 370 g/mol. The molecule has 1 heterocycles. The van der Waals surface area contributed by atoms with Gasteiger partial charge in [-0.3, -0.25) is 9.69 Å². The van der Waals surface area contributed by atoms with E-state index in [-0.39, 0.29) is 5.91 Å². The quantitative estimate of drug-likeness (QED) is 0.732. The molecule has 0 bridgehead atoms. The first-order valence-electron chi connectivity index (χ1n) is 11.3. The lowest BCUT2D eigenvalue weighted by molar-refractivity contribution is -0.133. The molecule has 4 nitrogen and oxygen atoms in total. The van der Waals surface area contributed by atoms with E-state index in [9.17, 15) is 4.79 Å². The highest BCUT2D eigenvalue weighted by Crippen LogP contribution is 2.28. The number of aryl methyl sites for hydroxylation is 1. The summed E-state index contributed by atoms with van der Waals surface area (Å²) >= 11 is 0. The van der Waals surface area contributed by atoms with Crippen LogP contribution in [0.25, 0.3) is 0 Å². The Balaban J connectivity index is 1.29. The molecule has 0 radical (unpaired) electrons. The fourth-order valence-electron chi connectivity index (χ4n) is 5.02. The molecule has 1 atom stereocenters. The lowest BCUT2D eigenvalue weighted by atomic mass is 10.0. The van der Waals surface area contributed by atoms with Gasteiger partial charge in [-0.1, -0.05) is 36.4 Å². The van der Waals surface area contributed by atoms with Gasteiger partial charge in [0.1, 0.15) is 0 Å². The topological polar surface area (TPSA) is 26.8 Å². The monoisotopic (exact) mass is 405 g/mol. The first kappa shape index (κ1) is 20.9. The van der Waals surface area contributed by atoms with Crippen molar-refractivity contribution >= 4 is 11.6 Å². The molecule has 0 aromatic heterocycles. The van der Waals surface area contributed by atoms with Crippen LogP contribution in [0.3, 0.4) is 0 Å². The van der Waals surface area contributed by atoms with Crippen molar-refractivity contribution in [2.75, 3.05) is 39.1 Å². The molecule has 1 saturated heterocycles. The standard InChI is InChI=1S/C26H35N3O/c1-27(2)23-13-10-20(11-14-23)12-15-26(30)28(3)24-9-6-16-29(19-24)25-17-21-7-4-5-8-22(21)18-25/h4-5,7-8,10-11,13-14,24-25H,6,9,12,15-19H2,1-3H3/t24-/m0/s1. The number of piperidine rings is 1. The number of likely N-dealkylation sites (tertiary alicyclic amines) is 1. The van der Waals surface area contributed by atoms with Crippen LogP contribution >= 0.6 is 0 Å². The predicted molar refractivity (Wildman–Crippen MR) is 124 cm³/mol. The fraction of sp³-hybridized carbons (Fsp3) is 0.500. The van der Waals surface area contributed by atoms with Crippen molar-refractivity contribution in [3.05, 3.63) is 65.2 Å². The van der Waals surface area contributed by atoms with E-state index in [1.807, 2.05) is 26.0 Å². The number of amides is 1. The zero-order chi connectivity index (χ0) is 21.1. The number of hydrogen-bond donors (Lipinski definition) is 0. The van der Waals surface area contributed by atoms with Crippen molar-refractivity contribution in [1.82, 2.24) is 9.80 Å². The molecular formula is C26H35N3O. The summed E-state index contributed by atoms with van der Waals surface area (Å²) in [6, 6.07) is 18.3. The lowest BCUT2D eigenvalue weighted by Gasteiger charge is -2.40. The van der Waals surface area contributed by atoms with Crippen LogP contribution < -0.4 is 4.90 Å². The Labute approximate surface area is 181 Å². The number of carbonyl (C=O) groups excluding carboxylic acids is 1. The van der Waals surface area contributed by atoms with Crippen molar-refractivity contribution in [3.8, 4) is 0 Å². The summed E-state index contributed by atoms with van der Waals surface area (Å²) in [4.78, 5) is 19.7. The first-order chi connectivity index (χ1) is 14.5. The minimum Gasteiger partial charge on any atom is -0.378 e. The zero-order valence-electron chi connectivity index (χ0n) is 18.7. The van der Waals surface area contributed by atoms with Gasteiger partial charge in [0.05, 0.1) is 0 Å². The third kappa shape index (κ3) is 4.70. The van der Waals surface area contributed by atoms with Crippen LogP contribution in [0.15, 0.2) is 48.5 Å². The minimum atomic E-state index is 0.272. The van der Waals surface area contributed by atoms with Crippen molar-refractivity contribution in [3.63, 3.8) is 0 Å². The zero-order valence-corrected chi connectivity index (χ0v) is 18.7. The van der Waals surface area contributed by atoms with Gasteiger partial charge in [0, 0.05) is 51.9 Å². The molecule has 2 aromatic rings. The molecule has 1 amide bonds. The van der Waals surface area contributed by atoms with Crippen molar-refractivity contribution in [1.29, 1.82) is 0 Å². The van der Waals surface area contributed by atoms with Gasteiger partial charge in [0.25, 0.3) is 0 Å². The SMILES string of the molecule is CN(C)c1ccc(CCC(=O)N(C)[C@H]2CCCN(C3Cc4ccccc4C3)C2)cc1. The highest BCUT2D eigenvalue weighted by molar-refractivity contribution is 5.76. The van der Waals surface area contributed by atoms with Crippen LogP contribution in [0, 0.1) is 0 Å². The van der Waals surface area contributed by atoms with Crippen LogP contribution in [0.5, 0.6) is 0 Å². The molecule has 0 saturated carbocycles. The third-order valence-electron chi connectivity index (χ3n) is 7.00. The summed E-state index contributed by atoms with van der Waals surface area (Å²) in [7, 11) is 6.10. The number of nitrogens with zero attached hydrogens (tertiary/aromatic N) is 3. The number of anilines is 1. The minimum absolute atomic E-state index is 0.272.